The van der Waals surface area contributed by atoms with E-state index in [1.165, 1.54) is 11.3 Å². The van der Waals surface area contributed by atoms with Crippen molar-refractivity contribution in [1.82, 2.24) is 14.3 Å². The van der Waals surface area contributed by atoms with E-state index in [1.807, 2.05) is 22.2 Å². The number of amides is 1. The predicted octanol–water partition coefficient (Wildman–Crippen LogP) is 1.26. The summed E-state index contributed by atoms with van der Waals surface area (Å²) in [6, 6.07) is 0. The van der Waals surface area contributed by atoms with Gasteiger partial charge in [-0.15, -0.1) is 11.3 Å². The van der Waals surface area contributed by atoms with E-state index in [-0.39, 0.29) is 12.3 Å². The largest absolute Gasteiger partial charge is 0.481 e. The van der Waals surface area contributed by atoms with Crippen LogP contribution in [0.4, 0.5) is 0 Å². The fourth-order valence-electron chi connectivity index (χ4n) is 2.53. The van der Waals surface area contributed by atoms with Gasteiger partial charge in [0, 0.05) is 30.9 Å². The average molecular weight is 293 g/mol. The minimum Gasteiger partial charge on any atom is -0.481 e. The van der Waals surface area contributed by atoms with Crippen LogP contribution in [0.1, 0.15) is 18.5 Å². The molecule has 0 bridgehead atoms. The fraction of sp³-hybridized carbons (Fsp3) is 0.462. The molecule has 20 heavy (non-hydrogen) atoms. The van der Waals surface area contributed by atoms with Gasteiger partial charge in [0.2, 0.25) is 5.91 Å². The summed E-state index contributed by atoms with van der Waals surface area (Å²) in [5, 5.41) is 11.0. The minimum absolute atomic E-state index is 0.0401. The third kappa shape index (κ3) is 2.53. The maximum Gasteiger partial charge on any atom is 0.308 e. The zero-order valence-corrected chi connectivity index (χ0v) is 11.7. The Bertz CT molecular complexity index is 620. The van der Waals surface area contributed by atoms with E-state index in [2.05, 4.69) is 4.98 Å². The molecule has 1 atom stereocenters. The van der Waals surface area contributed by atoms with Crippen LogP contribution >= 0.6 is 11.3 Å². The highest BCUT2D eigenvalue weighted by Gasteiger charge is 2.28. The number of likely N-dealkylation sites (tertiary alicyclic amines) is 1. The number of carbonyl (C=O) groups excluding carboxylic acids is 1. The normalized spacial score (nSPS) is 19.4. The van der Waals surface area contributed by atoms with Gasteiger partial charge in [-0.3, -0.25) is 14.0 Å². The van der Waals surface area contributed by atoms with Crippen LogP contribution in [-0.4, -0.2) is 44.4 Å². The first-order valence-corrected chi connectivity index (χ1v) is 7.43. The number of carboxylic acids is 1. The van der Waals surface area contributed by atoms with Crippen LogP contribution in [0.2, 0.25) is 0 Å². The Hall–Kier alpha value is -1.89. The molecule has 3 rings (SSSR count). The molecule has 3 heterocycles. The molecule has 1 saturated heterocycles. The molecule has 0 unspecified atom stereocenters. The Balaban J connectivity index is 1.66. The van der Waals surface area contributed by atoms with Gasteiger partial charge in [-0.2, -0.15) is 0 Å². The summed E-state index contributed by atoms with van der Waals surface area (Å²) in [7, 11) is 0. The van der Waals surface area contributed by atoms with Crippen molar-refractivity contribution in [2.24, 2.45) is 5.92 Å². The van der Waals surface area contributed by atoms with E-state index in [4.69, 9.17) is 5.11 Å². The Morgan fingerprint density at radius 1 is 1.50 bits per heavy atom. The monoisotopic (exact) mass is 293 g/mol. The van der Waals surface area contributed by atoms with Crippen LogP contribution in [0, 0.1) is 5.92 Å². The molecule has 0 spiro atoms. The van der Waals surface area contributed by atoms with Crippen molar-refractivity contribution in [3.63, 3.8) is 0 Å². The zero-order valence-electron chi connectivity index (χ0n) is 10.9. The van der Waals surface area contributed by atoms with Gasteiger partial charge in [-0.25, -0.2) is 4.98 Å². The third-order valence-corrected chi connectivity index (χ3v) is 4.37. The Kier molecular flexibility index (Phi) is 3.43. The first-order chi connectivity index (χ1) is 9.63. The topological polar surface area (TPSA) is 74.9 Å². The van der Waals surface area contributed by atoms with Crippen LogP contribution in [0.15, 0.2) is 17.8 Å². The molecule has 6 nitrogen and oxygen atoms in total. The van der Waals surface area contributed by atoms with E-state index >= 15 is 0 Å². The predicted molar refractivity (Wildman–Crippen MR) is 73.7 cm³/mol. The van der Waals surface area contributed by atoms with E-state index in [0.29, 0.717) is 19.5 Å². The summed E-state index contributed by atoms with van der Waals surface area (Å²) >= 11 is 1.52. The maximum atomic E-state index is 12.2. The van der Waals surface area contributed by atoms with Gasteiger partial charge in [0.15, 0.2) is 4.96 Å². The first kappa shape index (κ1) is 13.1. The van der Waals surface area contributed by atoms with E-state index < -0.39 is 11.9 Å². The molecule has 0 saturated carbocycles. The molecule has 2 aromatic heterocycles. The van der Waals surface area contributed by atoms with Gasteiger partial charge in [-0.1, -0.05) is 0 Å². The highest BCUT2D eigenvalue weighted by Crippen LogP contribution is 2.18. The summed E-state index contributed by atoms with van der Waals surface area (Å²) in [5.74, 6) is -1.29. The molecule has 106 valence electrons. The Labute approximate surface area is 119 Å². The van der Waals surface area contributed by atoms with Crippen LogP contribution in [-0.2, 0) is 16.0 Å². The summed E-state index contributed by atoms with van der Waals surface area (Å²) < 4.78 is 1.89. The number of aromatic nitrogens is 2. The minimum atomic E-state index is -0.815. The van der Waals surface area contributed by atoms with Gasteiger partial charge >= 0.3 is 5.97 Å². The van der Waals surface area contributed by atoms with Crippen LogP contribution in [0.25, 0.3) is 4.96 Å². The molecule has 2 aromatic rings. The molecular weight excluding hydrogens is 278 g/mol. The number of fused-ring (bicyclic) bond motifs is 1. The highest BCUT2D eigenvalue weighted by atomic mass is 32.1. The summed E-state index contributed by atoms with van der Waals surface area (Å²) in [6.07, 6.45) is 5.39. The van der Waals surface area contributed by atoms with E-state index in [1.54, 1.807) is 4.90 Å². The molecule has 1 aliphatic rings. The summed E-state index contributed by atoms with van der Waals surface area (Å²) in [6.45, 7) is 0.960. The van der Waals surface area contributed by atoms with E-state index in [0.717, 1.165) is 17.1 Å². The molecule has 0 aromatic carbocycles. The lowest BCUT2D eigenvalue weighted by Gasteiger charge is -2.30. The van der Waals surface area contributed by atoms with Crippen LogP contribution < -0.4 is 0 Å². The molecule has 7 heteroatoms. The lowest BCUT2D eigenvalue weighted by atomic mass is 9.98. The van der Waals surface area contributed by atoms with Crippen molar-refractivity contribution in [2.75, 3.05) is 13.1 Å². The molecule has 1 amide bonds. The summed E-state index contributed by atoms with van der Waals surface area (Å²) in [5.41, 5.74) is 0.735. The fourth-order valence-corrected chi connectivity index (χ4v) is 3.25. The highest BCUT2D eigenvalue weighted by molar-refractivity contribution is 7.15. The number of carbonyl (C=O) groups is 2. The number of imidazole rings is 1. The quantitative estimate of drug-likeness (QED) is 0.924. The molecular formula is C13H15N3O3S. The van der Waals surface area contributed by atoms with Gasteiger partial charge in [0.05, 0.1) is 18.0 Å². The third-order valence-electron chi connectivity index (χ3n) is 3.60. The van der Waals surface area contributed by atoms with Crippen molar-refractivity contribution in [2.45, 2.75) is 19.3 Å². The number of rotatable bonds is 3. The number of nitrogens with zero attached hydrogens (tertiary/aromatic N) is 3. The van der Waals surface area contributed by atoms with Crippen molar-refractivity contribution in [3.05, 3.63) is 23.5 Å². The molecule has 0 radical (unpaired) electrons. The van der Waals surface area contributed by atoms with Gasteiger partial charge in [0.1, 0.15) is 0 Å². The standard InChI is InChI=1S/C13H15N3O3S/c17-11(15-3-1-2-9(7-15)12(18)19)6-10-8-16-4-5-20-13(16)14-10/h4-5,8-9H,1-3,6-7H2,(H,18,19)/t9-/m0/s1. The van der Waals surface area contributed by atoms with E-state index in [9.17, 15) is 9.59 Å². The maximum absolute atomic E-state index is 12.2. The first-order valence-electron chi connectivity index (χ1n) is 6.55. The second kappa shape index (κ2) is 5.24. The molecule has 1 fully saturated rings. The lowest BCUT2D eigenvalue weighted by molar-refractivity contribution is -0.145. The second-order valence-electron chi connectivity index (χ2n) is 5.02. The van der Waals surface area contributed by atoms with Gasteiger partial charge < -0.3 is 10.0 Å². The second-order valence-corrected chi connectivity index (χ2v) is 5.89. The molecule has 0 aliphatic carbocycles. The van der Waals surface area contributed by atoms with Gasteiger partial charge in [-0.05, 0) is 12.8 Å². The van der Waals surface area contributed by atoms with Crippen molar-refractivity contribution in [1.29, 1.82) is 0 Å². The number of aliphatic carboxylic acids is 1. The van der Waals surface area contributed by atoms with Gasteiger partial charge in [0.25, 0.3) is 0 Å². The summed E-state index contributed by atoms with van der Waals surface area (Å²) in [4.78, 5) is 30.1. The number of hydrogen-bond donors (Lipinski definition) is 1. The smallest absolute Gasteiger partial charge is 0.308 e. The number of hydrogen-bond acceptors (Lipinski definition) is 4. The zero-order chi connectivity index (χ0) is 14.1. The number of carboxylic acid groups (broad SMARTS) is 1. The number of piperidine rings is 1. The number of thiazole rings is 1. The molecule has 1 aliphatic heterocycles. The van der Waals surface area contributed by atoms with Crippen LogP contribution in [0.3, 0.4) is 0 Å². The van der Waals surface area contributed by atoms with Crippen molar-refractivity contribution >= 4 is 28.2 Å². The van der Waals surface area contributed by atoms with Crippen LogP contribution in [0.5, 0.6) is 0 Å². The van der Waals surface area contributed by atoms with Crippen molar-refractivity contribution < 1.29 is 14.7 Å². The Morgan fingerprint density at radius 2 is 2.35 bits per heavy atom. The average Bonchev–Trinajstić information content (AvgIpc) is 2.99. The molecule has 1 N–H and O–H groups in total. The SMILES string of the molecule is O=C(O)[C@H]1CCCN(C(=O)Cc2cn3ccsc3n2)C1. The van der Waals surface area contributed by atoms with Crippen molar-refractivity contribution in [3.8, 4) is 0 Å². The lowest BCUT2D eigenvalue weighted by Crippen LogP contribution is -2.43. The Morgan fingerprint density at radius 3 is 3.10 bits per heavy atom.